The van der Waals surface area contributed by atoms with Gasteiger partial charge in [-0.15, -0.1) is 0 Å². The van der Waals surface area contributed by atoms with Gasteiger partial charge in [-0.25, -0.2) is 8.42 Å². The Hall–Kier alpha value is -0.790. The van der Waals surface area contributed by atoms with Crippen LogP contribution in [-0.2, 0) is 10.0 Å². The maximum absolute atomic E-state index is 12.7. The van der Waals surface area contributed by atoms with Crippen LogP contribution >= 0.6 is 23.2 Å². The normalized spacial score (nSPS) is 23.5. The third-order valence-electron chi connectivity index (χ3n) is 4.18. The number of halogens is 2. The minimum atomic E-state index is -3.60. The van der Waals surface area contributed by atoms with Gasteiger partial charge in [0, 0.05) is 32.2 Å². The highest BCUT2D eigenvalue weighted by molar-refractivity contribution is 7.89. The molecule has 1 unspecified atom stereocenters. The van der Waals surface area contributed by atoms with Crippen LogP contribution < -0.4 is 5.73 Å². The average molecular weight is 362 g/mol. The lowest BCUT2D eigenvalue weighted by Crippen LogP contribution is -2.37. The van der Waals surface area contributed by atoms with Gasteiger partial charge in [0.1, 0.15) is 0 Å². The van der Waals surface area contributed by atoms with Crippen molar-refractivity contribution in [2.75, 3.05) is 31.9 Å². The van der Waals surface area contributed by atoms with Gasteiger partial charge in [0.25, 0.3) is 0 Å². The first-order valence-electron chi connectivity index (χ1n) is 7.03. The zero-order valence-corrected chi connectivity index (χ0v) is 14.2. The number of sulfonamides is 1. The fraction of sp³-hybridized carbons (Fsp3) is 0.429. The SMILES string of the molecule is Nc1c(Cl)cc(S(=O)(=O)N2CCC(N3CC=CC3)C2)cc1Cl. The Morgan fingerprint density at radius 1 is 1.14 bits per heavy atom. The monoisotopic (exact) mass is 361 g/mol. The molecule has 2 aliphatic heterocycles. The van der Waals surface area contributed by atoms with E-state index in [-0.39, 0.29) is 26.7 Å². The van der Waals surface area contributed by atoms with E-state index in [0.29, 0.717) is 13.1 Å². The van der Waals surface area contributed by atoms with Gasteiger partial charge in [-0.3, -0.25) is 4.90 Å². The van der Waals surface area contributed by atoms with Crippen molar-refractivity contribution in [3.8, 4) is 0 Å². The van der Waals surface area contributed by atoms with E-state index in [1.165, 1.54) is 16.4 Å². The largest absolute Gasteiger partial charge is 0.396 e. The summed E-state index contributed by atoms with van der Waals surface area (Å²) in [7, 11) is -3.60. The maximum Gasteiger partial charge on any atom is 0.243 e. The molecule has 0 saturated carbocycles. The number of hydrogen-bond donors (Lipinski definition) is 1. The van der Waals surface area contributed by atoms with Crippen molar-refractivity contribution in [1.29, 1.82) is 0 Å². The molecule has 2 N–H and O–H groups in total. The van der Waals surface area contributed by atoms with Crippen LogP contribution in [-0.4, -0.2) is 49.8 Å². The van der Waals surface area contributed by atoms with Crippen LogP contribution in [0.5, 0.6) is 0 Å². The molecule has 2 aliphatic rings. The quantitative estimate of drug-likeness (QED) is 0.661. The Bertz CT molecular complexity index is 690. The third kappa shape index (κ3) is 2.86. The molecular formula is C14H17Cl2N3O2S. The first-order valence-corrected chi connectivity index (χ1v) is 9.23. The molecule has 3 rings (SSSR count). The van der Waals surface area contributed by atoms with E-state index >= 15 is 0 Å². The number of rotatable bonds is 3. The summed E-state index contributed by atoms with van der Waals surface area (Å²) < 4.78 is 27.0. The predicted molar refractivity (Wildman–Crippen MR) is 88.8 cm³/mol. The molecule has 22 heavy (non-hydrogen) atoms. The van der Waals surface area contributed by atoms with Crippen molar-refractivity contribution in [3.63, 3.8) is 0 Å². The van der Waals surface area contributed by atoms with Crippen molar-refractivity contribution in [3.05, 3.63) is 34.3 Å². The molecule has 0 aliphatic carbocycles. The van der Waals surface area contributed by atoms with E-state index < -0.39 is 10.0 Å². The third-order valence-corrected chi connectivity index (χ3v) is 6.65. The van der Waals surface area contributed by atoms with E-state index in [4.69, 9.17) is 28.9 Å². The minimum absolute atomic E-state index is 0.0943. The molecule has 1 aromatic rings. The fourth-order valence-corrected chi connectivity index (χ4v) is 5.04. The van der Waals surface area contributed by atoms with Crippen LogP contribution in [0, 0.1) is 0 Å². The highest BCUT2D eigenvalue weighted by atomic mass is 35.5. The summed E-state index contributed by atoms with van der Waals surface area (Å²) in [6.07, 6.45) is 5.05. The van der Waals surface area contributed by atoms with Crippen LogP contribution in [0.4, 0.5) is 5.69 Å². The van der Waals surface area contributed by atoms with Crippen LogP contribution in [0.3, 0.4) is 0 Å². The molecule has 0 bridgehead atoms. The first-order chi connectivity index (χ1) is 10.4. The minimum Gasteiger partial charge on any atom is -0.396 e. The molecule has 0 amide bonds. The van der Waals surface area contributed by atoms with Gasteiger partial charge >= 0.3 is 0 Å². The number of anilines is 1. The maximum atomic E-state index is 12.7. The lowest BCUT2D eigenvalue weighted by atomic mass is 10.2. The Balaban J connectivity index is 1.82. The molecule has 0 spiro atoms. The van der Waals surface area contributed by atoms with Crippen LogP contribution in [0.1, 0.15) is 6.42 Å². The van der Waals surface area contributed by atoms with Crippen molar-refractivity contribution >= 4 is 38.9 Å². The fourth-order valence-electron chi connectivity index (χ4n) is 2.88. The molecule has 1 saturated heterocycles. The number of nitrogen functional groups attached to an aromatic ring is 1. The van der Waals surface area contributed by atoms with E-state index in [1.54, 1.807) is 0 Å². The summed E-state index contributed by atoms with van der Waals surface area (Å²) in [4.78, 5) is 2.37. The summed E-state index contributed by atoms with van der Waals surface area (Å²) >= 11 is 11.9. The molecule has 2 heterocycles. The summed E-state index contributed by atoms with van der Waals surface area (Å²) in [5, 5.41) is 0.316. The highest BCUT2D eigenvalue weighted by Crippen LogP contribution is 2.33. The second kappa shape index (κ2) is 6.02. The molecule has 0 aromatic heterocycles. The van der Waals surface area contributed by atoms with Crippen molar-refractivity contribution in [2.45, 2.75) is 17.4 Å². The summed E-state index contributed by atoms with van der Waals surface area (Å²) in [6.45, 7) is 2.77. The summed E-state index contributed by atoms with van der Waals surface area (Å²) in [5.74, 6) is 0. The van der Waals surface area contributed by atoms with Crippen LogP contribution in [0.25, 0.3) is 0 Å². The molecular weight excluding hydrogens is 345 g/mol. The molecule has 8 heteroatoms. The van der Waals surface area contributed by atoms with E-state index in [1.807, 2.05) is 0 Å². The average Bonchev–Trinajstić information content (AvgIpc) is 3.14. The molecule has 1 fully saturated rings. The van der Waals surface area contributed by atoms with Gasteiger partial charge in [-0.2, -0.15) is 4.31 Å². The molecule has 0 radical (unpaired) electrons. The first kappa shape index (κ1) is 16.1. The second-order valence-corrected chi connectivity index (χ2v) is 8.28. The second-order valence-electron chi connectivity index (χ2n) is 5.53. The number of hydrogen-bond acceptors (Lipinski definition) is 4. The van der Waals surface area contributed by atoms with E-state index in [9.17, 15) is 8.42 Å². The molecule has 1 aromatic carbocycles. The Labute approximate surface area is 140 Å². The number of nitrogens with zero attached hydrogens (tertiary/aromatic N) is 2. The summed E-state index contributed by atoms with van der Waals surface area (Å²) in [6, 6.07) is 2.98. The smallest absolute Gasteiger partial charge is 0.243 e. The van der Waals surface area contributed by atoms with Gasteiger partial charge in [0.05, 0.1) is 20.6 Å². The van der Waals surface area contributed by atoms with Gasteiger partial charge in [-0.1, -0.05) is 35.4 Å². The Kier molecular flexibility index (Phi) is 4.40. The summed E-state index contributed by atoms with van der Waals surface area (Å²) in [5.41, 5.74) is 5.87. The highest BCUT2D eigenvalue weighted by Gasteiger charge is 2.35. The van der Waals surface area contributed by atoms with Crippen molar-refractivity contribution in [1.82, 2.24) is 9.21 Å². The topological polar surface area (TPSA) is 66.6 Å². The van der Waals surface area contributed by atoms with Crippen LogP contribution in [0.2, 0.25) is 10.0 Å². The Morgan fingerprint density at radius 3 is 2.32 bits per heavy atom. The lowest BCUT2D eigenvalue weighted by molar-refractivity contribution is 0.261. The van der Waals surface area contributed by atoms with Gasteiger partial charge in [0.2, 0.25) is 10.0 Å². The van der Waals surface area contributed by atoms with E-state index in [2.05, 4.69) is 17.1 Å². The van der Waals surface area contributed by atoms with Gasteiger partial charge < -0.3 is 5.73 Å². The number of nitrogens with two attached hydrogens (primary N) is 1. The Morgan fingerprint density at radius 2 is 1.73 bits per heavy atom. The molecule has 5 nitrogen and oxygen atoms in total. The zero-order chi connectivity index (χ0) is 15.9. The van der Waals surface area contributed by atoms with Crippen molar-refractivity contribution < 1.29 is 8.42 Å². The predicted octanol–water partition coefficient (Wildman–Crippen LogP) is 2.21. The van der Waals surface area contributed by atoms with Gasteiger partial charge in [-0.05, 0) is 18.6 Å². The lowest BCUT2D eigenvalue weighted by Gasteiger charge is -2.23. The van der Waals surface area contributed by atoms with Gasteiger partial charge in [0.15, 0.2) is 0 Å². The van der Waals surface area contributed by atoms with E-state index in [0.717, 1.165) is 19.5 Å². The van der Waals surface area contributed by atoms with Crippen molar-refractivity contribution in [2.24, 2.45) is 0 Å². The molecule has 120 valence electrons. The van der Waals surface area contributed by atoms with Crippen LogP contribution in [0.15, 0.2) is 29.2 Å². The molecule has 1 atom stereocenters. The zero-order valence-electron chi connectivity index (χ0n) is 11.9. The number of benzene rings is 1. The standard InChI is InChI=1S/C14H17Cl2N3O2S/c15-12-7-11(8-13(16)14(12)17)22(20,21)19-6-3-10(9-19)18-4-1-2-5-18/h1-2,7-8,10H,3-6,9,17H2.